The fourth-order valence-electron chi connectivity index (χ4n) is 1.52. The van der Waals surface area contributed by atoms with Gasteiger partial charge in [-0.15, -0.1) is 5.10 Å². The summed E-state index contributed by atoms with van der Waals surface area (Å²) in [5, 5.41) is 7.92. The van der Waals surface area contributed by atoms with Crippen LogP contribution < -0.4 is 0 Å². The Morgan fingerprint density at radius 1 is 1.36 bits per heavy atom. The molecule has 1 heterocycles. The summed E-state index contributed by atoms with van der Waals surface area (Å²) >= 11 is 0. The Labute approximate surface area is 83.4 Å². The van der Waals surface area contributed by atoms with Crippen molar-refractivity contribution in [3.8, 4) is 11.3 Å². The van der Waals surface area contributed by atoms with Gasteiger partial charge in [-0.05, 0) is 19.9 Å². The summed E-state index contributed by atoms with van der Waals surface area (Å²) in [6, 6.07) is 8.37. The van der Waals surface area contributed by atoms with Crippen LogP contribution in [0, 0.1) is 6.92 Å². The Kier molecular flexibility index (Phi) is 2.31. The van der Waals surface area contributed by atoms with Crippen LogP contribution >= 0.6 is 0 Å². The molecular formula is C11H13N3. The molecule has 0 unspecified atom stereocenters. The van der Waals surface area contributed by atoms with Gasteiger partial charge in [-0.3, -0.25) is 0 Å². The van der Waals surface area contributed by atoms with Crippen LogP contribution in [0.1, 0.15) is 12.5 Å². The predicted molar refractivity (Wildman–Crippen MR) is 55.9 cm³/mol. The van der Waals surface area contributed by atoms with Crippen molar-refractivity contribution in [3.63, 3.8) is 0 Å². The summed E-state index contributed by atoms with van der Waals surface area (Å²) in [5.74, 6) is 0. The van der Waals surface area contributed by atoms with Crippen LogP contribution in [0.15, 0.2) is 30.5 Å². The van der Waals surface area contributed by atoms with E-state index >= 15 is 0 Å². The van der Waals surface area contributed by atoms with Crippen molar-refractivity contribution in [1.29, 1.82) is 0 Å². The quantitative estimate of drug-likeness (QED) is 0.722. The second-order valence-corrected chi connectivity index (χ2v) is 3.30. The number of hydrogen-bond acceptors (Lipinski definition) is 2. The minimum absolute atomic E-state index is 0.850. The lowest BCUT2D eigenvalue weighted by atomic mass is 10.1. The number of aryl methyl sites for hydroxylation is 2. The van der Waals surface area contributed by atoms with Gasteiger partial charge >= 0.3 is 0 Å². The minimum Gasteiger partial charge on any atom is -0.245 e. The van der Waals surface area contributed by atoms with Gasteiger partial charge in [0, 0.05) is 12.1 Å². The zero-order valence-electron chi connectivity index (χ0n) is 8.44. The van der Waals surface area contributed by atoms with Crippen molar-refractivity contribution in [1.82, 2.24) is 15.0 Å². The monoisotopic (exact) mass is 187 g/mol. The lowest BCUT2D eigenvalue weighted by Crippen LogP contribution is -1.99. The highest BCUT2D eigenvalue weighted by Crippen LogP contribution is 2.18. The normalized spacial score (nSPS) is 10.4. The molecule has 0 radical (unpaired) electrons. The van der Waals surface area contributed by atoms with E-state index in [9.17, 15) is 0 Å². The van der Waals surface area contributed by atoms with E-state index in [0.717, 1.165) is 12.2 Å². The first kappa shape index (κ1) is 8.94. The molecule has 3 heteroatoms. The third-order valence-electron chi connectivity index (χ3n) is 2.23. The minimum atomic E-state index is 0.850. The van der Waals surface area contributed by atoms with Gasteiger partial charge in [0.05, 0.1) is 11.9 Å². The molecule has 1 aromatic heterocycles. The molecule has 14 heavy (non-hydrogen) atoms. The smallest absolute Gasteiger partial charge is 0.0885 e. The topological polar surface area (TPSA) is 30.7 Å². The first-order chi connectivity index (χ1) is 6.81. The van der Waals surface area contributed by atoms with E-state index in [0.29, 0.717) is 0 Å². The molecule has 0 N–H and O–H groups in total. The van der Waals surface area contributed by atoms with Gasteiger partial charge in [-0.1, -0.05) is 29.0 Å². The third-order valence-corrected chi connectivity index (χ3v) is 2.23. The first-order valence-electron chi connectivity index (χ1n) is 4.77. The fraction of sp³-hybridized carbons (Fsp3) is 0.273. The summed E-state index contributed by atoms with van der Waals surface area (Å²) in [4.78, 5) is 0. The lowest BCUT2D eigenvalue weighted by molar-refractivity contribution is 0.632. The summed E-state index contributed by atoms with van der Waals surface area (Å²) in [7, 11) is 0. The second kappa shape index (κ2) is 3.62. The molecule has 0 aliphatic rings. The highest BCUT2D eigenvalue weighted by molar-refractivity contribution is 5.59. The Balaban J connectivity index is 2.49. The van der Waals surface area contributed by atoms with Crippen LogP contribution in [0.5, 0.6) is 0 Å². The van der Waals surface area contributed by atoms with Gasteiger partial charge in [-0.25, -0.2) is 4.68 Å². The fourth-order valence-corrected chi connectivity index (χ4v) is 1.52. The first-order valence-corrected chi connectivity index (χ1v) is 4.77. The zero-order valence-corrected chi connectivity index (χ0v) is 8.44. The molecule has 3 nitrogen and oxygen atoms in total. The van der Waals surface area contributed by atoms with Crippen molar-refractivity contribution in [3.05, 3.63) is 36.0 Å². The van der Waals surface area contributed by atoms with Crippen molar-refractivity contribution < 1.29 is 0 Å². The van der Waals surface area contributed by atoms with Gasteiger partial charge in [0.25, 0.3) is 0 Å². The second-order valence-electron chi connectivity index (χ2n) is 3.30. The lowest BCUT2D eigenvalue weighted by Gasteiger charge is -2.03. The Morgan fingerprint density at radius 3 is 2.93 bits per heavy atom. The molecule has 0 saturated carbocycles. The maximum atomic E-state index is 4.01. The summed E-state index contributed by atoms with van der Waals surface area (Å²) in [6.07, 6.45) is 1.80. The van der Waals surface area contributed by atoms with Crippen LogP contribution in [0.25, 0.3) is 11.3 Å². The van der Waals surface area contributed by atoms with Crippen molar-refractivity contribution >= 4 is 0 Å². The number of nitrogens with zero attached hydrogens (tertiary/aromatic N) is 3. The standard InChI is InChI=1S/C11H13N3/c1-3-14-11(8-12-13-14)10-6-4-5-9(2)7-10/h4-8H,3H2,1-2H3. The molecule has 2 aromatic rings. The van der Waals surface area contributed by atoms with Gasteiger partial charge in [-0.2, -0.15) is 0 Å². The summed E-state index contributed by atoms with van der Waals surface area (Å²) < 4.78 is 1.90. The molecule has 1 aromatic carbocycles. The van der Waals surface area contributed by atoms with Crippen LogP contribution in [0.4, 0.5) is 0 Å². The van der Waals surface area contributed by atoms with E-state index in [-0.39, 0.29) is 0 Å². The molecule has 2 rings (SSSR count). The summed E-state index contributed by atoms with van der Waals surface area (Å²) in [6.45, 7) is 5.00. The highest BCUT2D eigenvalue weighted by atomic mass is 15.4. The van der Waals surface area contributed by atoms with Gasteiger partial charge in [0.15, 0.2) is 0 Å². The average molecular weight is 187 g/mol. The Morgan fingerprint density at radius 2 is 2.21 bits per heavy atom. The van der Waals surface area contributed by atoms with Gasteiger partial charge in [0.1, 0.15) is 0 Å². The van der Waals surface area contributed by atoms with Crippen molar-refractivity contribution in [2.75, 3.05) is 0 Å². The van der Waals surface area contributed by atoms with Crippen LogP contribution in [-0.2, 0) is 6.54 Å². The Bertz CT molecular complexity index is 432. The molecule has 0 bridgehead atoms. The summed E-state index contributed by atoms with van der Waals surface area (Å²) in [5.41, 5.74) is 3.51. The Hall–Kier alpha value is -1.64. The van der Waals surface area contributed by atoms with Gasteiger partial charge in [0.2, 0.25) is 0 Å². The average Bonchev–Trinajstić information content (AvgIpc) is 2.65. The van der Waals surface area contributed by atoms with E-state index in [1.807, 2.05) is 4.68 Å². The molecule has 0 aliphatic heterocycles. The predicted octanol–water partition coefficient (Wildman–Crippen LogP) is 2.27. The maximum absolute atomic E-state index is 4.01. The van der Waals surface area contributed by atoms with Crippen molar-refractivity contribution in [2.45, 2.75) is 20.4 Å². The number of hydrogen-bond donors (Lipinski definition) is 0. The van der Waals surface area contributed by atoms with Crippen LogP contribution in [0.3, 0.4) is 0 Å². The van der Waals surface area contributed by atoms with Crippen molar-refractivity contribution in [2.24, 2.45) is 0 Å². The maximum Gasteiger partial charge on any atom is 0.0885 e. The molecule has 72 valence electrons. The van der Waals surface area contributed by atoms with E-state index in [2.05, 4.69) is 48.4 Å². The van der Waals surface area contributed by atoms with Crippen LogP contribution in [0.2, 0.25) is 0 Å². The third kappa shape index (κ3) is 1.53. The molecule has 0 fully saturated rings. The molecule has 0 amide bonds. The van der Waals surface area contributed by atoms with E-state index in [4.69, 9.17) is 0 Å². The van der Waals surface area contributed by atoms with E-state index in [1.54, 1.807) is 6.20 Å². The SMILES string of the molecule is CCn1nncc1-c1cccc(C)c1. The van der Waals surface area contributed by atoms with E-state index < -0.39 is 0 Å². The largest absolute Gasteiger partial charge is 0.245 e. The molecule has 0 aliphatic carbocycles. The number of benzene rings is 1. The van der Waals surface area contributed by atoms with Crippen LogP contribution in [-0.4, -0.2) is 15.0 Å². The highest BCUT2D eigenvalue weighted by Gasteiger charge is 2.04. The molecule has 0 saturated heterocycles. The van der Waals surface area contributed by atoms with E-state index in [1.165, 1.54) is 11.1 Å². The molecular weight excluding hydrogens is 174 g/mol. The molecule has 0 atom stereocenters. The number of rotatable bonds is 2. The molecule has 0 spiro atoms. The van der Waals surface area contributed by atoms with Gasteiger partial charge < -0.3 is 0 Å². The zero-order chi connectivity index (χ0) is 9.97. The number of aromatic nitrogens is 3.